The normalized spacial score (nSPS) is 12.1. The Morgan fingerprint density at radius 2 is 0.964 bits per heavy atom. The van der Waals surface area contributed by atoms with Crippen LogP contribution in [0.5, 0.6) is 0 Å². The summed E-state index contributed by atoms with van der Waals surface area (Å²) in [5, 5.41) is 5.70. The van der Waals surface area contributed by atoms with Gasteiger partial charge in [0.05, 0.1) is 0 Å². The van der Waals surface area contributed by atoms with Crippen LogP contribution in [0, 0.1) is 0 Å². The third-order valence-corrected chi connectivity index (χ3v) is 6.07. The van der Waals surface area contributed by atoms with Crippen molar-refractivity contribution in [3.63, 3.8) is 0 Å². The largest absolute Gasteiger partial charge is 0.338 e. The minimum Gasteiger partial charge on any atom is -0.338 e. The topological polar surface area (TPSA) is 58.2 Å². The van der Waals surface area contributed by atoms with Gasteiger partial charge in [-0.3, -0.25) is 4.21 Å². The second-order valence-corrected chi connectivity index (χ2v) is 9.67. The van der Waals surface area contributed by atoms with E-state index in [1.165, 1.54) is 96.3 Å². The van der Waals surface area contributed by atoms with Crippen molar-refractivity contribution in [1.82, 2.24) is 10.6 Å². The minimum atomic E-state index is -0.769. The van der Waals surface area contributed by atoms with Crippen LogP contribution < -0.4 is 10.6 Å². The molecule has 4 nitrogen and oxygen atoms in total. The summed E-state index contributed by atoms with van der Waals surface area (Å²) in [6, 6.07) is -0.0946. The predicted molar refractivity (Wildman–Crippen MR) is 124 cm³/mol. The highest BCUT2D eigenvalue weighted by atomic mass is 32.2. The van der Waals surface area contributed by atoms with Crippen LogP contribution in [0.1, 0.15) is 116 Å². The molecule has 0 aromatic heterocycles. The first-order chi connectivity index (χ1) is 13.7. The van der Waals surface area contributed by atoms with E-state index < -0.39 is 10.8 Å². The van der Waals surface area contributed by atoms with Crippen LogP contribution >= 0.6 is 0 Å². The van der Waals surface area contributed by atoms with Gasteiger partial charge in [0, 0.05) is 35.9 Å². The molecular weight excluding hydrogens is 368 g/mol. The fourth-order valence-corrected chi connectivity index (χ4v) is 3.97. The number of amides is 2. The van der Waals surface area contributed by atoms with Crippen LogP contribution in [0.2, 0.25) is 0 Å². The van der Waals surface area contributed by atoms with Crippen molar-refractivity contribution in [2.45, 2.75) is 116 Å². The molecule has 0 heterocycles. The van der Waals surface area contributed by atoms with Crippen LogP contribution in [0.25, 0.3) is 0 Å². The fourth-order valence-electron chi connectivity index (χ4n) is 3.41. The molecule has 0 aliphatic rings. The highest BCUT2D eigenvalue weighted by Gasteiger charge is 1.99. The summed E-state index contributed by atoms with van der Waals surface area (Å²) in [7, 11) is -0.769. The zero-order chi connectivity index (χ0) is 20.7. The average molecular weight is 417 g/mol. The molecule has 0 aliphatic carbocycles. The van der Waals surface area contributed by atoms with Crippen molar-refractivity contribution in [1.29, 1.82) is 0 Å². The van der Waals surface area contributed by atoms with Crippen molar-refractivity contribution in [2.24, 2.45) is 0 Å². The van der Waals surface area contributed by atoms with E-state index in [4.69, 9.17) is 0 Å². The maximum atomic E-state index is 11.6. The standard InChI is InChI=1S/C23H48N2O2S/c1-3-4-5-6-7-8-9-10-11-12-13-14-15-16-17-18-20-24-23(26)25-21-19-22-28(2)27/h3-22H2,1-2H3,(H2,24,25,26). The number of urea groups is 1. The van der Waals surface area contributed by atoms with E-state index >= 15 is 0 Å². The first-order valence-electron chi connectivity index (χ1n) is 12.0. The van der Waals surface area contributed by atoms with Gasteiger partial charge in [-0.25, -0.2) is 4.79 Å². The van der Waals surface area contributed by atoms with Crippen LogP contribution in [0.4, 0.5) is 4.79 Å². The Balaban J connectivity index is 3.11. The van der Waals surface area contributed by atoms with Gasteiger partial charge >= 0.3 is 6.03 Å². The van der Waals surface area contributed by atoms with E-state index in [1.807, 2.05) is 0 Å². The quantitative estimate of drug-likeness (QED) is 0.215. The maximum absolute atomic E-state index is 11.6. The number of carbonyl (C=O) groups is 1. The second kappa shape index (κ2) is 22.7. The SMILES string of the molecule is CCCCCCCCCCCCCCCCCCNC(=O)NCCCS(C)=O. The summed E-state index contributed by atoms with van der Waals surface area (Å²) < 4.78 is 10.9. The molecule has 0 aliphatic heterocycles. The molecule has 168 valence electrons. The van der Waals surface area contributed by atoms with Gasteiger partial charge in [0.25, 0.3) is 0 Å². The summed E-state index contributed by atoms with van der Waals surface area (Å²) in [5.41, 5.74) is 0. The number of hydrogen-bond donors (Lipinski definition) is 2. The zero-order valence-electron chi connectivity index (χ0n) is 18.9. The number of carbonyl (C=O) groups excluding carboxylic acids is 1. The van der Waals surface area contributed by atoms with E-state index in [-0.39, 0.29) is 6.03 Å². The summed E-state index contributed by atoms with van der Waals surface area (Å²) in [5.74, 6) is 0.652. The lowest BCUT2D eigenvalue weighted by molar-refractivity contribution is 0.240. The van der Waals surface area contributed by atoms with Gasteiger partial charge < -0.3 is 10.6 Å². The molecule has 0 spiro atoms. The van der Waals surface area contributed by atoms with E-state index in [9.17, 15) is 9.00 Å². The molecular formula is C23H48N2O2S. The lowest BCUT2D eigenvalue weighted by atomic mass is 10.0. The summed E-state index contributed by atoms with van der Waals surface area (Å²) in [6.45, 7) is 3.63. The molecule has 1 unspecified atom stereocenters. The van der Waals surface area contributed by atoms with Crippen LogP contribution in [0.3, 0.4) is 0 Å². The molecule has 0 bridgehead atoms. The fraction of sp³-hybridized carbons (Fsp3) is 0.957. The van der Waals surface area contributed by atoms with Crippen LogP contribution in [0.15, 0.2) is 0 Å². The van der Waals surface area contributed by atoms with Crippen molar-refractivity contribution in [3.05, 3.63) is 0 Å². The van der Waals surface area contributed by atoms with E-state index in [0.29, 0.717) is 12.3 Å². The lowest BCUT2D eigenvalue weighted by Crippen LogP contribution is -2.36. The third kappa shape index (κ3) is 23.5. The van der Waals surface area contributed by atoms with Crippen molar-refractivity contribution >= 4 is 16.8 Å². The summed E-state index contributed by atoms with van der Waals surface area (Å²) in [4.78, 5) is 11.6. The molecule has 2 N–H and O–H groups in total. The van der Waals surface area contributed by atoms with Crippen LogP contribution in [-0.2, 0) is 10.8 Å². The minimum absolute atomic E-state index is 0.0946. The molecule has 0 radical (unpaired) electrons. The Morgan fingerprint density at radius 1 is 0.607 bits per heavy atom. The predicted octanol–water partition coefficient (Wildman–Crippen LogP) is 6.32. The zero-order valence-corrected chi connectivity index (χ0v) is 19.7. The maximum Gasteiger partial charge on any atom is 0.314 e. The Hall–Kier alpha value is -0.580. The van der Waals surface area contributed by atoms with Gasteiger partial charge in [-0.05, 0) is 12.8 Å². The molecule has 0 saturated carbocycles. The van der Waals surface area contributed by atoms with Crippen molar-refractivity contribution in [3.8, 4) is 0 Å². The van der Waals surface area contributed by atoms with E-state index in [2.05, 4.69) is 17.6 Å². The van der Waals surface area contributed by atoms with Gasteiger partial charge in [0.15, 0.2) is 0 Å². The number of rotatable bonds is 21. The number of hydrogen-bond acceptors (Lipinski definition) is 2. The number of nitrogens with one attached hydrogen (secondary N) is 2. The molecule has 28 heavy (non-hydrogen) atoms. The van der Waals surface area contributed by atoms with Gasteiger partial charge in [-0.1, -0.05) is 103 Å². The molecule has 1 atom stereocenters. The van der Waals surface area contributed by atoms with Gasteiger partial charge in [-0.15, -0.1) is 0 Å². The molecule has 0 aromatic carbocycles. The Kier molecular flexibility index (Phi) is 22.2. The Labute approximate surface area is 177 Å². The molecule has 5 heteroatoms. The Morgan fingerprint density at radius 3 is 1.36 bits per heavy atom. The lowest BCUT2D eigenvalue weighted by Gasteiger charge is -2.07. The highest BCUT2D eigenvalue weighted by Crippen LogP contribution is 2.13. The monoisotopic (exact) mass is 416 g/mol. The summed E-state index contributed by atoms with van der Waals surface area (Å²) >= 11 is 0. The first kappa shape index (κ1) is 27.4. The third-order valence-electron chi connectivity index (χ3n) is 5.21. The van der Waals surface area contributed by atoms with Gasteiger partial charge in [-0.2, -0.15) is 0 Å². The van der Waals surface area contributed by atoms with E-state index in [0.717, 1.165) is 19.4 Å². The van der Waals surface area contributed by atoms with E-state index in [1.54, 1.807) is 6.26 Å². The molecule has 0 saturated heterocycles. The highest BCUT2D eigenvalue weighted by molar-refractivity contribution is 7.84. The van der Waals surface area contributed by atoms with Gasteiger partial charge in [0.2, 0.25) is 0 Å². The molecule has 0 fully saturated rings. The van der Waals surface area contributed by atoms with Gasteiger partial charge in [0.1, 0.15) is 0 Å². The number of unbranched alkanes of at least 4 members (excludes halogenated alkanes) is 15. The van der Waals surface area contributed by atoms with Crippen molar-refractivity contribution in [2.75, 3.05) is 25.1 Å². The van der Waals surface area contributed by atoms with Crippen LogP contribution in [-0.4, -0.2) is 35.3 Å². The molecule has 0 aromatic rings. The smallest absolute Gasteiger partial charge is 0.314 e. The summed E-state index contributed by atoms with van der Waals surface area (Å²) in [6.07, 6.45) is 24.3. The van der Waals surface area contributed by atoms with Crippen molar-refractivity contribution < 1.29 is 9.00 Å². The Bertz CT molecular complexity index is 365. The molecule has 2 amide bonds. The first-order valence-corrected chi connectivity index (χ1v) is 13.7. The molecule has 0 rings (SSSR count). The average Bonchev–Trinajstić information content (AvgIpc) is 2.67. The second-order valence-electron chi connectivity index (χ2n) is 8.12.